The maximum absolute atomic E-state index is 3.72. The molecule has 0 aliphatic carbocycles. The molecule has 1 heteroatoms. The van der Waals surface area contributed by atoms with E-state index < -0.39 is 0 Å². The average Bonchev–Trinajstić information content (AvgIpc) is 2.38. The van der Waals surface area contributed by atoms with Gasteiger partial charge in [0.25, 0.3) is 0 Å². The van der Waals surface area contributed by atoms with E-state index in [1.54, 1.807) is 0 Å². The SMILES string of the molecule is CC1CCCC(c2cccc3ccccc23)N1. The number of fused-ring (bicyclic) bond motifs is 1. The van der Waals surface area contributed by atoms with Crippen molar-refractivity contribution in [2.45, 2.75) is 38.3 Å². The molecule has 1 aliphatic rings. The van der Waals surface area contributed by atoms with E-state index >= 15 is 0 Å². The first-order valence-electron chi connectivity index (χ1n) is 6.58. The molecule has 0 bridgehead atoms. The minimum Gasteiger partial charge on any atom is -0.307 e. The summed E-state index contributed by atoms with van der Waals surface area (Å²) >= 11 is 0. The molecule has 2 aromatic rings. The Hall–Kier alpha value is -1.34. The summed E-state index contributed by atoms with van der Waals surface area (Å²) in [5, 5.41) is 6.48. The van der Waals surface area contributed by atoms with Gasteiger partial charge < -0.3 is 5.32 Å². The van der Waals surface area contributed by atoms with Crippen LogP contribution >= 0.6 is 0 Å². The van der Waals surface area contributed by atoms with Crippen molar-refractivity contribution in [2.75, 3.05) is 0 Å². The minimum absolute atomic E-state index is 0.532. The van der Waals surface area contributed by atoms with E-state index in [4.69, 9.17) is 0 Å². The molecule has 1 saturated heterocycles. The molecule has 1 N–H and O–H groups in total. The second-order valence-electron chi connectivity index (χ2n) is 5.12. The highest BCUT2D eigenvalue weighted by atomic mass is 15.0. The van der Waals surface area contributed by atoms with Crippen LogP contribution in [0.4, 0.5) is 0 Å². The first-order valence-corrected chi connectivity index (χ1v) is 6.58. The number of hydrogen-bond donors (Lipinski definition) is 1. The molecule has 0 spiro atoms. The second kappa shape index (κ2) is 4.50. The van der Waals surface area contributed by atoms with Crippen molar-refractivity contribution in [3.05, 3.63) is 48.0 Å². The minimum atomic E-state index is 0.532. The van der Waals surface area contributed by atoms with Crippen molar-refractivity contribution < 1.29 is 0 Å². The zero-order valence-corrected chi connectivity index (χ0v) is 10.3. The maximum Gasteiger partial charge on any atom is 0.0328 e. The van der Waals surface area contributed by atoms with Gasteiger partial charge in [0.2, 0.25) is 0 Å². The average molecular weight is 225 g/mol. The molecule has 2 unspecified atom stereocenters. The van der Waals surface area contributed by atoms with E-state index in [-0.39, 0.29) is 0 Å². The van der Waals surface area contributed by atoms with Gasteiger partial charge in [0.1, 0.15) is 0 Å². The molecule has 0 radical (unpaired) electrons. The summed E-state index contributed by atoms with van der Waals surface area (Å²) < 4.78 is 0. The van der Waals surface area contributed by atoms with Gasteiger partial charge >= 0.3 is 0 Å². The van der Waals surface area contributed by atoms with E-state index in [1.807, 2.05) is 0 Å². The van der Waals surface area contributed by atoms with Crippen molar-refractivity contribution >= 4 is 10.8 Å². The molecule has 1 fully saturated rings. The molecule has 17 heavy (non-hydrogen) atoms. The van der Waals surface area contributed by atoms with Crippen LogP contribution in [-0.4, -0.2) is 6.04 Å². The molecule has 0 aromatic heterocycles. The molecule has 88 valence electrons. The van der Waals surface area contributed by atoms with Crippen LogP contribution in [0, 0.1) is 0 Å². The third-order valence-corrected chi connectivity index (χ3v) is 3.81. The predicted octanol–water partition coefficient (Wildman–Crippen LogP) is 4.04. The number of piperidine rings is 1. The van der Waals surface area contributed by atoms with Gasteiger partial charge in [-0.25, -0.2) is 0 Å². The highest BCUT2D eigenvalue weighted by Crippen LogP contribution is 2.30. The van der Waals surface area contributed by atoms with Crippen LogP contribution < -0.4 is 5.32 Å². The van der Waals surface area contributed by atoms with Crippen LogP contribution in [-0.2, 0) is 0 Å². The highest BCUT2D eigenvalue weighted by molar-refractivity contribution is 5.86. The Morgan fingerprint density at radius 1 is 1.00 bits per heavy atom. The van der Waals surface area contributed by atoms with Gasteiger partial charge in [0.05, 0.1) is 0 Å². The van der Waals surface area contributed by atoms with Gasteiger partial charge in [-0.3, -0.25) is 0 Å². The summed E-state index contributed by atoms with van der Waals surface area (Å²) in [5.41, 5.74) is 1.47. The zero-order chi connectivity index (χ0) is 11.7. The monoisotopic (exact) mass is 225 g/mol. The molecular weight excluding hydrogens is 206 g/mol. The summed E-state index contributed by atoms with van der Waals surface area (Å²) in [7, 11) is 0. The van der Waals surface area contributed by atoms with Gasteiger partial charge in [-0.1, -0.05) is 48.9 Å². The summed E-state index contributed by atoms with van der Waals surface area (Å²) in [6.07, 6.45) is 3.90. The fourth-order valence-electron chi connectivity index (χ4n) is 2.94. The summed E-state index contributed by atoms with van der Waals surface area (Å²) in [6, 6.07) is 16.5. The normalized spacial score (nSPS) is 25.0. The van der Waals surface area contributed by atoms with Gasteiger partial charge in [0.15, 0.2) is 0 Å². The van der Waals surface area contributed by atoms with E-state index in [0.717, 1.165) is 0 Å². The fourth-order valence-corrected chi connectivity index (χ4v) is 2.94. The van der Waals surface area contributed by atoms with Crippen LogP contribution in [0.2, 0.25) is 0 Å². The Balaban J connectivity index is 2.04. The lowest BCUT2D eigenvalue weighted by Crippen LogP contribution is -2.34. The van der Waals surface area contributed by atoms with Crippen LogP contribution in [0.1, 0.15) is 37.8 Å². The van der Waals surface area contributed by atoms with E-state index in [1.165, 1.54) is 35.6 Å². The first kappa shape index (κ1) is 10.8. The Morgan fingerprint density at radius 3 is 2.71 bits per heavy atom. The first-order chi connectivity index (χ1) is 8.34. The molecule has 1 heterocycles. The third kappa shape index (κ3) is 2.07. The van der Waals surface area contributed by atoms with Crippen molar-refractivity contribution in [1.82, 2.24) is 5.32 Å². The largest absolute Gasteiger partial charge is 0.307 e. The van der Waals surface area contributed by atoms with Crippen LogP contribution in [0.3, 0.4) is 0 Å². The van der Waals surface area contributed by atoms with Crippen molar-refractivity contribution in [3.8, 4) is 0 Å². The second-order valence-corrected chi connectivity index (χ2v) is 5.12. The molecule has 1 nitrogen and oxygen atoms in total. The lowest BCUT2D eigenvalue weighted by molar-refractivity contribution is 0.343. The van der Waals surface area contributed by atoms with Crippen molar-refractivity contribution in [3.63, 3.8) is 0 Å². The van der Waals surface area contributed by atoms with Crippen LogP contribution in [0.25, 0.3) is 10.8 Å². The quantitative estimate of drug-likeness (QED) is 0.772. The third-order valence-electron chi connectivity index (χ3n) is 3.81. The topological polar surface area (TPSA) is 12.0 Å². The molecule has 3 rings (SSSR count). The van der Waals surface area contributed by atoms with Gasteiger partial charge in [-0.15, -0.1) is 0 Å². The lowest BCUT2D eigenvalue weighted by atomic mass is 9.91. The van der Waals surface area contributed by atoms with E-state index in [9.17, 15) is 0 Å². The number of nitrogens with one attached hydrogen (secondary N) is 1. The van der Waals surface area contributed by atoms with Crippen molar-refractivity contribution in [2.24, 2.45) is 0 Å². The zero-order valence-electron chi connectivity index (χ0n) is 10.3. The molecule has 1 aliphatic heterocycles. The molecular formula is C16H19N. The Morgan fingerprint density at radius 2 is 1.82 bits per heavy atom. The Bertz CT molecular complexity index is 512. The smallest absolute Gasteiger partial charge is 0.0328 e. The Labute approximate surface area is 103 Å². The van der Waals surface area contributed by atoms with Gasteiger partial charge in [-0.05, 0) is 36.1 Å². The van der Waals surface area contributed by atoms with Gasteiger partial charge in [-0.2, -0.15) is 0 Å². The lowest BCUT2D eigenvalue weighted by Gasteiger charge is -2.30. The molecule has 0 amide bonds. The van der Waals surface area contributed by atoms with Crippen LogP contribution in [0.15, 0.2) is 42.5 Å². The Kier molecular flexibility index (Phi) is 2.86. The summed E-state index contributed by atoms with van der Waals surface area (Å²) in [4.78, 5) is 0. The molecule has 2 aromatic carbocycles. The predicted molar refractivity (Wildman–Crippen MR) is 73.1 cm³/mol. The molecule has 2 atom stereocenters. The number of hydrogen-bond acceptors (Lipinski definition) is 1. The maximum atomic E-state index is 3.72. The van der Waals surface area contributed by atoms with Gasteiger partial charge in [0, 0.05) is 12.1 Å². The fraction of sp³-hybridized carbons (Fsp3) is 0.375. The molecule has 0 saturated carbocycles. The standard InChI is InChI=1S/C16H19N/c1-12-6-4-11-16(17-12)15-10-5-8-13-7-2-3-9-14(13)15/h2-3,5,7-10,12,16-17H,4,6,11H2,1H3. The summed E-state index contributed by atoms with van der Waals surface area (Å²) in [5.74, 6) is 0. The number of benzene rings is 2. The highest BCUT2D eigenvalue weighted by Gasteiger charge is 2.20. The summed E-state index contributed by atoms with van der Waals surface area (Å²) in [6.45, 7) is 2.29. The van der Waals surface area contributed by atoms with Crippen LogP contribution in [0.5, 0.6) is 0 Å². The van der Waals surface area contributed by atoms with Crippen molar-refractivity contribution in [1.29, 1.82) is 0 Å². The van der Waals surface area contributed by atoms with E-state index in [0.29, 0.717) is 12.1 Å². The van der Waals surface area contributed by atoms with E-state index in [2.05, 4.69) is 54.7 Å². The number of rotatable bonds is 1.